The lowest BCUT2D eigenvalue weighted by Crippen LogP contribution is -2.20. The predicted molar refractivity (Wildman–Crippen MR) is 80.6 cm³/mol. The molecule has 0 bridgehead atoms. The smallest absolute Gasteiger partial charge is 0.138 e. The fourth-order valence-corrected chi connectivity index (χ4v) is 3.13. The lowest BCUT2D eigenvalue weighted by molar-refractivity contribution is 0.313. The van der Waals surface area contributed by atoms with E-state index < -0.39 is 0 Å². The maximum absolute atomic E-state index is 12.8. The third-order valence-corrected chi connectivity index (χ3v) is 4.34. The summed E-state index contributed by atoms with van der Waals surface area (Å²) in [5.74, 6) is 0.141. The summed E-state index contributed by atoms with van der Waals surface area (Å²) in [6.07, 6.45) is 0. The topological polar surface area (TPSA) is 21.3 Å². The maximum atomic E-state index is 12.8. The molecule has 1 N–H and O–H groups in total. The van der Waals surface area contributed by atoms with Crippen molar-refractivity contribution in [3.8, 4) is 5.75 Å². The van der Waals surface area contributed by atoms with Crippen molar-refractivity contribution in [1.82, 2.24) is 5.32 Å². The Morgan fingerprint density at radius 1 is 1.37 bits per heavy atom. The number of hydrogen-bond donors (Lipinski definition) is 1. The molecule has 0 saturated carbocycles. The van der Waals surface area contributed by atoms with Gasteiger partial charge in [0.15, 0.2) is 0 Å². The molecule has 0 spiro atoms. The van der Waals surface area contributed by atoms with Gasteiger partial charge in [-0.1, -0.05) is 11.6 Å². The average molecular weight is 365 g/mol. The number of rotatable bonds is 6. The molecule has 0 aliphatic carbocycles. The molecule has 6 heteroatoms. The minimum absolute atomic E-state index is 0.294. The first-order chi connectivity index (χ1) is 9.15. The van der Waals surface area contributed by atoms with Crippen LogP contribution < -0.4 is 10.1 Å². The van der Waals surface area contributed by atoms with Gasteiger partial charge in [0, 0.05) is 27.8 Å². The standard InChI is InChI=1S/C13H12BrClFNOS/c14-9-5-11(19-8-9)7-17-3-4-18-13-2-1-10(16)6-12(13)15/h1-2,5-6,8,17H,3-4,7H2. The minimum atomic E-state index is -0.362. The highest BCUT2D eigenvalue weighted by atomic mass is 79.9. The number of halogens is 3. The Kier molecular flexibility index (Phi) is 5.63. The second-order valence-corrected chi connectivity index (χ2v) is 6.15. The van der Waals surface area contributed by atoms with E-state index in [1.54, 1.807) is 11.3 Å². The molecular weight excluding hydrogens is 353 g/mol. The average Bonchev–Trinajstić information content (AvgIpc) is 2.77. The van der Waals surface area contributed by atoms with E-state index >= 15 is 0 Å². The molecule has 0 radical (unpaired) electrons. The fraction of sp³-hybridized carbons (Fsp3) is 0.231. The van der Waals surface area contributed by atoms with Gasteiger partial charge in [0.2, 0.25) is 0 Å². The molecule has 0 atom stereocenters. The van der Waals surface area contributed by atoms with Crippen LogP contribution in [0.4, 0.5) is 4.39 Å². The van der Waals surface area contributed by atoms with Crippen LogP contribution in [-0.4, -0.2) is 13.2 Å². The van der Waals surface area contributed by atoms with Crippen molar-refractivity contribution in [2.45, 2.75) is 6.54 Å². The first-order valence-electron chi connectivity index (χ1n) is 5.66. The molecular formula is C13H12BrClFNOS. The second kappa shape index (κ2) is 7.24. The Labute approximate surface area is 128 Å². The molecule has 0 unspecified atom stereocenters. The van der Waals surface area contributed by atoms with Gasteiger partial charge in [-0.3, -0.25) is 0 Å². The molecule has 2 nitrogen and oxygen atoms in total. The quantitative estimate of drug-likeness (QED) is 0.764. The van der Waals surface area contributed by atoms with Crippen molar-refractivity contribution in [3.05, 3.63) is 49.8 Å². The Hall–Kier alpha value is -0.620. The first kappa shape index (κ1) is 14.8. The molecule has 0 aliphatic heterocycles. The van der Waals surface area contributed by atoms with E-state index in [0.29, 0.717) is 23.9 Å². The Morgan fingerprint density at radius 2 is 2.21 bits per heavy atom. The van der Waals surface area contributed by atoms with E-state index in [9.17, 15) is 4.39 Å². The molecule has 102 valence electrons. The third kappa shape index (κ3) is 4.76. The van der Waals surface area contributed by atoms with Crippen molar-refractivity contribution in [2.75, 3.05) is 13.2 Å². The van der Waals surface area contributed by atoms with E-state index in [1.165, 1.54) is 23.1 Å². The maximum Gasteiger partial charge on any atom is 0.138 e. The van der Waals surface area contributed by atoms with Crippen LogP contribution in [0.25, 0.3) is 0 Å². The Balaban J connectivity index is 1.69. The predicted octanol–water partition coefficient (Wildman–Crippen LogP) is 4.47. The van der Waals surface area contributed by atoms with Crippen molar-refractivity contribution in [3.63, 3.8) is 0 Å². The van der Waals surface area contributed by atoms with Crippen LogP contribution in [0.5, 0.6) is 5.75 Å². The van der Waals surface area contributed by atoms with E-state index in [0.717, 1.165) is 11.0 Å². The molecule has 19 heavy (non-hydrogen) atoms. The highest BCUT2D eigenvalue weighted by Gasteiger charge is 2.02. The van der Waals surface area contributed by atoms with Crippen LogP contribution >= 0.6 is 38.9 Å². The lowest BCUT2D eigenvalue weighted by atomic mass is 10.3. The van der Waals surface area contributed by atoms with Gasteiger partial charge < -0.3 is 10.1 Å². The van der Waals surface area contributed by atoms with Gasteiger partial charge in [-0.2, -0.15) is 0 Å². The number of thiophene rings is 1. The zero-order valence-electron chi connectivity index (χ0n) is 9.96. The number of hydrogen-bond acceptors (Lipinski definition) is 3. The van der Waals surface area contributed by atoms with Crippen molar-refractivity contribution < 1.29 is 9.13 Å². The number of nitrogens with one attached hydrogen (secondary N) is 1. The third-order valence-electron chi connectivity index (χ3n) is 2.35. The van der Waals surface area contributed by atoms with Crippen LogP contribution in [-0.2, 0) is 6.54 Å². The highest BCUT2D eigenvalue weighted by Crippen LogP contribution is 2.24. The van der Waals surface area contributed by atoms with Crippen molar-refractivity contribution >= 4 is 38.9 Å². The molecule has 0 amide bonds. The van der Waals surface area contributed by atoms with E-state index in [4.69, 9.17) is 16.3 Å². The monoisotopic (exact) mass is 363 g/mol. The minimum Gasteiger partial charge on any atom is -0.491 e. The molecule has 0 aliphatic rings. The van der Waals surface area contributed by atoms with Gasteiger partial charge in [-0.25, -0.2) is 4.39 Å². The summed E-state index contributed by atoms with van der Waals surface area (Å²) in [6.45, 7) is 1.98. The van der Waals surface area contributed by atoms with Crippen LogP contribution in [0, 0.1) is 5.82 Å². The van der Waals surface area contributed by atoms with Gasteiger partial charge in [0.1, 0.15) is 18.2 Å². The second-order valence-electron chi connectivity index (χ2n) is 3.83. The van der Waals surface area contributed by atoms with Gasteiger partial charge in [0.25, 0.3) is 0 Å². The van der Waals surface area contributed by atoms with Crippen LogP contribution in [0.15, 0.2) is 34.1 Å². The molecule has 2 rings (SSSR count). The van der Waals surface area contributed by atoms with Crippen LogP contribution in [0.3, 0.4) is 0 Å². The number of benzene rings is 1. The lowest BCUT2D eigenvalue weighted by Gasteiger charge is -2.08. The summed E-state index contributed by atoms with van der Waals surface area (Å²) in [5.41, 5.74) is 0. The fourth-order valence-electron chi connectivity index (χ4n) is 1.48. The summed E-state index contributed by atoms with van der Waals surface area (Å²) < 4.78 is 19.4. The molecule has 1 heterocycles. The SMILES string of the molecule is Fc1ccc(OCCNCc2cc(Br)cs2)c(Cl)c1. The van der Waals surface area contributed by atoms with Gasteiger partial charge in [-0.15, -0.1) is 11.3 Å². The molecule has 2 aromatic rings. The zero-order valence-corrected chi connectivity index (χ0v) is 13.1. The Morgan fingerprint density at radius 3 is 2.89 bits per heavy atom. The van der Waals surface area contributed by atoms with Crippen molar-refractivity contribution in [1.29, 1.82) is 0 Å². The zero-order chi connectivity index (χ0) is 13.7. The van der Waals surface area contributed by atoms with Gasteiger partial charge in [-0.05, 0) is 40.2 Å². The van der Waals surface area contributed by atoms with E-state index in [-0.39, 0.29) is 5.82 Å². The molecule has 0 fully saturated rings. The van der Waals surface area contributed by atoms with Gasteiger partial charge in [0.05, 0.1) is 5.02 Å². The first-order valence-corrected chi connectivity index (χ1v) is 7.71. The summed E-state index contributed by atoms with van der Waals surface area (Å²) in [4.78, 5) is 1.26. The largest absolute Gasteiger partial charge is 0.491 e. The summed E-state index contributed by atoms with van der Waals surface area (Å²) in [7, 11) is 0. The Bertz CT molecular complexity index is 549. The summed E-state index contributed by atoms with van der Waals surface area (Å²) in [6, 6.07) is 6.19. The normalized spacial score (nSPS) is 10.7. The van der Waals surface area contributed by atoms with Crippen molar-refractivity contribution in [2.24, 2.45) is 0 Å². The summed E-state index contributed by atoms with van der Waals surface area (Å²) in [5, 5.41) is 5.60. The van der Waals surface area contributed by atoms with Gasteiger partial charge >= 0.3 is 0 Å². The van der Waals surface area contributed by atoms with Crippen LogP contribution in [0.1, 0.15) is 4.88 Å². The van der Waals surface area contributed by atoms with E-state index in [1.807, 2.05) is 5.38 Å². The molecule has 1 aromatic heterocycles. The number of ether oxygens (including phenoxy) is 1. The van der Waals surface area contributed by atoms with Crippen LogP contribution in [0.2, 0.25) is 5.02 Å². The molecule has 1 aromatic carbocycles. The van der Waals surface area contributed by atoms with E-state index in [2.05, 4.69) is 27.3 Å². The molecule has 0 saturated heterocycles. The summed E-state index contributed by atoms with van der Waals surface area (Å²) >= 11 is 11.0. The highest BCUT2D eigenvalue weighted by molar-refractivity contribution is 9.10.